The number of sulfonamides is 1. The van der Waals surface area contributed by atoms with Crippen LogP contribution >= 0.6 is 0 Å². The SMILES string of the molecule is CCS(=O)(=O)N(Cc1cccnc1)c1ccccc1O[Si](C)(C)C(C)(C)C. The van der Waals surface area contributed by atoms with Gasteiger partial charge in [0.25, 0.3) is 8.32 Å². The molecular formula is C20H30N2O3SSi. The number of hydrogen-bond donors (Lipinski definition) is 0. The number of anilines is 1. The van der Waals surface area contributed by atoms with Crippen molar-refractivity contribution in [3.05, 3.63) is 54.4 Å². The summed E-state index contributed by atoms with van der Waals surface area (Å²) in [7, 11) is -5.60. The lowest BCUT2D eigenvalue weighted by atomic mass is 10.2. The Kier molecular flexibility index (Phi) is 6.37. The summed E-state index contributed by atoms with van der Waals surface area (Å²) in [6.45, 7) is 12.7. The second kappa shape index (κ2) is 8.02. The fraction of sp³-hybridized carbons (Fsp3) is 0.450. The van der Waals surface area contributed by atoms with Crippen LogP contribution in [0.3, 0.4) is 0 Å². The van der Waals surface area contributed by atoms with Crippen LogP contribution in [0.25, 0.3) is 0 Å². The molecule has 0 saturated heterocycles. The third-order valence-electron chi connectivity index (χ3n) is 5.05. The minimum atomic E-state index is -3.48. The summed E-state index contributed by atoms with van der Waals surface area (Å²) in [6, 6.07) is 11.1. The van der Waals surface area contributed by atoms with Gasteiger partial charge in [-0.15, -0.1) is 0 Å². The molecule has 1 aromatic heterocycles. The second-order valence-corrected chi connectivity index (χ2v) is 15.0. The van der Waals surface area contributed by atoms with Crippen LogP contribution in [-0.4, -0.2) is 27.5 Å². The molecule has 5 nitrogen and oxygen atoms in total. The molecule has 0 unspecified atom stereocenters. The minimum Gasteiger partial charge on any atom is -0.542 e. The fourth-order valence-electron chi connectivity index (χ4n) is 2.32. The van der Waals surface area contributed by atoms with E-state index in [1.54, 1.807) is 19.3 Å². The summed E-state index contributed by atoms with van der Waals surface area (Å²) >= 11 is 0. The molecule has 0 bridgehead atoms. The number of aromatic nitrogens is 1. The largest absolute Gasteiger partial charge is 0.542 e. The van der Waals surface area contributed by atoms with Crippen molar-refractivity contribution in [3.8, 4) is 5.75 Å². The van der Waals surface area contributed by atoms with Gasteiger partial charge >= 0.3 is 0 Å². The monoisotopic (exact) mass is 406 g/mol. The van der Waals surface area contributed by atoms with E-state index in [1.165, 1.54) is 4.31 Å². The van der Waals surface area contributed by atoms with Gasteiger partial charge in [0, 0.05) is 12.4 Å². The van der Waals surface area contributed by atoms with Crippen LogP contribution < -0.4 is 8.73 Å². The van der Waals surface area contributed by atoms with Crippen LogP contribution in [0.5, 0.6) is 5.75 Å². The van der Waals surface area contributed by atoms with Crippen LogP contribution in [-0.2, 0) is 16.6 Å². The van der Waals surface area contributed by atoms with E-state index in [4.69, 9.17) is 4.43 Å². The van der Waals surface area contributed by atoms with E-state index >= 15 is 0 Å². The summed E-state index contributed by atoms with van der Waals surface area (Å²) in [5.74, 6) is 0.631. The molecule has 2 rings (SSSR count). The van der Waals surface area contributed by atoms with Gasteiger partial charge in [-0.3, -0.25) is 9.29 Å². The zero-order chi connectivity index (χ0) is 20.3. The lowest BCUT2D eigenvalue weighted by Gasteiger charge is -2.38. The molecule has 0 aliphatic carbocycles. The fourth-order valence-corrected chi connectivity index (χ4v) is 4.46. The van der Waals surface area contributed by atoms with Gasteiger partial charge in [0.1, 0.15) is 5.75 Å². The smallest absolute Gasteiger partial charge is 0.250 e. The summed E-state index contributed by atoms with van der Waals surface area (Å²) in [6.07, 6.45) is 3.37. The Morgan fingerprint density at radius 1 is 1.11 bits per heavy atom. The van der Waals surface area contributed by atoms with Crippen molar-refractivity contribution < 1.29 is 12.8 Å². The maximum Gasteiger partial charge on any atom is 0.250 e. The number of pyridine rings is 1. The van der Waals surface area contributed by atoms with Crippen molar-refractivity contribution in [2.75, 3.05) is 10.1 Å². The standard InChI is InChI=1S/C20H30N2O3SSi/c1-7-26(23,24)22(16-17-11-10-14-21-15-17)18-12-8-9-13-19(18)25-27(5,6)20(2,3)4/h8-15H,7,16H2,1-6H3. The number of hydrogen-bond acceptors (Lipinski definition) is 4. The summed E-state index contributed by atoms with van der Waals surface area (Å²) in [5.41, 5.74) is 1.41. The number of rotatable bonds is 7. The van der Waals surface area contributed by atoms with E-state index in [0.29, 0.717) is 11.4 Å². The third-order valence-corrected chi connectivity index (χ3v) is 11.1. The van der Waals surface area contributed by atoms with Gasteiger partial charge in [0.05, 0.1) is 18.0 Å². The Labute approximate surface area is 164 Å². The maximum absolute atomic E-state index is 12.9. The maximum atomic E-state index is 12.9. The molecule has 27 heavy (non-hydrogen) atoms. The first kappa shape index (κ1) is 21.4. The number of nitrogens with zero attached hydrogens (tertiary/aromatic N) is 2. The van der Waals surface area contributed by atoms with Crippen molar-refractivity contribution in [1.29, 1.82) is 0 Å². The van der Waals surface area contributed by atoms with Crippen molar-refractivity contribution in [2.45, 2.75) is 52.4 Å². The molecule has 2 aromatic rings. The van der Waals surface area contributed by atoms with Gasteiger partial charge in [-0.1, -0.05) is 39.0 Å². The highest BCUT2D eigenvalue weighted by atomic mass is 32.2. The first-order chi connectivity index (χ1) is 12.5. The molecule has 0 amide bonds. The highest BCUT2D eigenvalue weighted by Crippen LogP contribution is 2.40. The van der Waals surface area contributed by atoms with Crippen molar-refractivity contribution in [3.63, 3.8) is 0 Å². The summed E-state index contributed by atoms with van der Waals surface area (Å²) in [5, 5.41) is 0.0118. The van der Waals surface area contributed by atoms with E-state index in [-0.39, 0.29) is 17.3 Å². The van der Waals surface area contributed by atoms with E-state index in [2.05, 4.69) is 38.8 Å². The molecule has 0 atom stereocenters. The lowest BCUT2D eigenvalue weighted by molar-refractivity contribution is 0.492. The molecule has 1 aromatic carbocycles. The highest BCUT2D eigenvalue weighted by Gasteiger charge is 2.40. The zero-order valence-electron chi connectivity index (χ0n) is 17.1. The molecule has 0 fully saturated rings. The van der Waals surface area contributed by atoms with Crippen LogP contribution in [0.2, 0.25) is 18.1 Å². The first-order valence-electron chi connectivity index (χ1n) is 9.15. The van der Waals surface area contributed by atoms with Crippen molar-refractivity contribution >= 4 is 24.0 Å². The Hall–Kier alpha value is -1.86. The second-order valence-electron chi connectivity index (χ2n) is 8.10. The van der Waals surface area contributed by atoms with Crippen molar-refractivity contribution in [2.24, 2.45) is 0 Å². The molecule has 1 heterocycles. The molecule has 0 radical (unpaired) electrons. The van der Waals surface area contributed by atoms with E-state index in [9.17, 15) is 8.42 Å². The van der Waals surface area contributed by atoms with E-state index < -0.39 is 18.3 Å². The first-order valence-corrected chi connectivity index (χ1v) is 13.7. The van der Waals surface area contributed by atoms with Gasteiger partial charge < -0.3 is 4.43 Å². The minimum absolute atomic E-state index is 0.0118. The third kappa shape index (κ3) is 5.10. The Morgan fingerprint density at radius 2 is 1.78 bits per heavy atom. The predicted octanol–water partition coefficient (Wildman–Crippen LogP) is 4.82. The quantitative estimate of drug-likeness (QED) is 0.618. The summed E-state index contributed by atoms with van der Waals surface area (Å²) in [4.78, 5) is 4.11. The Balaban J connectivity index is 2.51. The molecular weight excluding hydrogens is 376 g/mol. The highest BCUT2D eigenvalue weighted by molar-refractivity contribution is 7.92. The van der Waals surface area contributed by atoms with E-state index in [0.717, 1.165) is 5.56 Å². The molecule has 0 N–H and O–H groups in total. The van der Waals surface area contributed by atoms with Gasteiger partial charge in [0.15, 0.2) is 0 Å². The van der Waals surface area contributed by atoms with Crippen molar-refractivity contribution in [1.82, 2.24) is 4.98 Å². The average Bonchev–Trinajstić information content (AvgIpc) is 2.60. The average molecular weight is 407 g/mol. The van der Waals surface area contributed by atoms with Gasteiger partial charge in [-0.25, -0.2) is 8.42 Å². The summed E-state index contributed by atoms with van der Waals surface area (Å²) < 4.78 is 33.7. The van der Waals surface area contributed by atoms with Crippen LogP contribution in [0.15, 0.2) is 48.8 Å². The molecule has 0 aliphatic heterocycles. The molecule has 0 saturated carbocycles. The number of benzene rings is 1. The molecule has 7 heteroatoms. The molecule has 0 spiro atoms. The van der Waals surface area contributed by atoms with Gasteiger partial charge in [0.2, 0.25) is 10.0 Å². The number of para-hydroxylation sites is 2. The zero-order valence-corrected chi connectivity index (χ0v) is 18.9. The topological polar surface area (TPSA) is 59.5 Å². The van der Waals surface area contributed by atoms with Crippen LogP contribution in [0.4, 0.5) is 5.69 Å². The lowest BCUT2D eigenvalue weighted by Crippen LogP contribution is -2.44. The van der Waals surface area contributed by atoms with Gasteiger partial charge in [-0.05, 0) is 48.8 Å². The predicted molar refractivity (Wildman–Crippen MR) is 114 cm³/mol. The molecule has 148 valence electrons. The van der Waals surface area contributed by atoms with Crippen LogP contribution in [0, 0.1) is 0 Å². The Morgan fingerprint density at radius 3 is 2.33 bits per heavy atom. The Bertz CT molecular complexity index is 862. The van der Waals surface area contributed by atoms with Gasteiger partial charge in [-0.2, -0.15) is 0 Å². The molecule has 0 aliphatic rings. The van der Waals surface area contributed by atoms with Crippen LogP contribution in [0.1, 0.15) is 33.3 Å². The van der Waals surface area contributed by atoms with E-state index in [1.807, 2.05) is 36.4 Å². The normalized spacial score (nSPS) is 12.7.